The summed E-state index contributed by atoms with van der Waals surface area (Å²) >= 11 is 0. The minimum Gasteiger partial charge on any atom is -0.384 e. The molecule has 1 unspecified atom stereocenters. The third kappa shape index (κ3) is 3.58. The molecule has 0 saturated carbocycles. The normalized spacial score (nSPS) is 18.2. The predicted molar refractivity (Wildman–Crippen MR) is 116 cm³/mol. The Bertz CT molecular complexity index is 1070. The van der Waals surface area contributed by atoms with Gasteiger partial charge in [0.05, 0.1) is 0 Å². The van der Waals surface area contributed by atoms with Crippen molar-refractivity contribution in [1.29, 1.82) is 0 Å². The van der Waals surface area contributed by atoms with Crippen molar-refractivity contribution < 1.29 is 4.79 Å². The van der Waals surface area contributed by atoms with Crippen molar-refractivity contribution >= 4 is 17.5 Å². The van der Waals surface area contributed by atoms with E-state index in [1.807, 2.05) is 42.6 Å². The van der Waals surface area contributed by atoms with E-state index in [-0.39, 0.29) is 5.91 Å². The molecule has 3 N–H and O–H groups in total. The van der Waals surface area contributed by atoms with E-state index in [1.54, 1.807) is 0 Å². The SMILES string of the molecule is Nc1ccc(CC2CCN(c3nc(-c4ccccc4)nc4c3CCNC4=O)C2)cn1. The Morgan fingerprint density at radius 3 is 2.80 bits per heavy atom. The minimum atomic E-state index is -0.110. The molecule has 0 aliphatic carbocycles. The van der Waals surface area contributed by atoms with Gasteiger partial charge in [0.15, 0.2) is 5.82 Å². The van der Waals surface area contributed by atoms with Crippen molar-refractivity contribution in [3.63, 3.8) is 0 Å². The minimum absolute atomic E-state index is 0.110. The zero-order chi connectivity index (χ0) is 20.5. The van der Waals surface area contributed by atoms with E-state index in [2.05, 4.69) is 26.3 Å². The first-order valence-corrected chi connectivity index (χ1v) is 10.4. The van der Waals surface area contributed by atoms with Gasteiger partial charge in [-0.2, -0.15) is 0 Å². The lowest BCUT2D eigenvalue weighted by atomic mass is 10.00. The fourth-order valence-electron chi connectivity index (χ4n) is 4.33. The molecule has 2 aliphatic heterocycles. The first-order valence-electron chi connectivity index (χ1n) is 10.4. The number of hydrogen-bond donors (Lipinski definition) is 2. The maximum Gasteiger partial charge on any atom is 0.270 e. The fraction of sp³-hybridized carbons (Fsp3) is 0.304. The molecule has 152 valence electrons. The largest absolute Gasteiger partial charge is 0.384 e. The standard InChI is InChI=1S/C23H24N6O/c24-19-7-6-15(13-26-19)12-16-9-11-29(14-16)22-18-8-10-25-23(30)20(18)27-21(28-22)17-4-2-1-3-5-17/h1-7,13,16H,8-12,14H2,(H2,24,26)(H,25,30). The number of benzene rings is 1. The van der Waals surface area contributed by atoms with Crippen LogP contribution < -0.4 is 16.0 Å². The summed E-state index contributed by atoms with van der Waals surface area (Å²) in [6, 6.07) is 13.8. The van der Waals surface area contributed by atoms with Gasteiger partial charge in [0.2, 0.25) is 0 Å². The Labute approximate surface area is 175 Å². The zero-order valence-electron chi connectivity index (χ0n) is 16.7. The highest BCUT2D eigenvalue weighted by molar-refractivity contribution is 5.96. The van der Waals surface area contributed by atoms with Gasteiger partial charge in [-0.15, -0.1) is 0 Å². The summed E-state index contributed by atoms with van der Waals surface area (Å²) in [6.45, 7) is 2.46. The van der Waals surface area contributed by atoms with Gasteiger partial charge in [0.25, 0.3) is 5.91 Å². The fourth-order valence-corrected chi connectivity index (χ4v) is 4.33. The number of nitrogens with one attached hydrogen (secondary N) is 1. The molecule has 30 heavy (non-hydrogen) atoms. The van der Waals surface area contributed by atoms with Crippen molar-refractivity contribution in [3.8, 4) is 11.4 Å². The van der Waals surface area contributed by atoms with Gasteiger partial charge >= 0.3 is 0 Å². The second kappa shape index (κ2) is 7.74. The summed E-state index contributed by atoms with van der Waals surface area (Å²) in [5, 5.41) is 2.92. The van der Waals surface area contributed by atoms with Crippen LogP contribution in [0.15, 0.2) is 48.7 Å². The highest BCUT2D eigenvalue weighted by Crippen LogP contribution is 2.32. The van der Waals surface area contributed by atoms with Gasteiger partial charge in [0, 0.05) is 37.0 Å². The van der Waals surface area contributed by atoms with Crippen LogP contribution in [-0.2, 0) is 12.8 Å². The van der Waals surface area contributed by atoms with E-state index in [1.165, 1.54) is 5.56 Å². The van der Waals surface area contributed by atoms with Crippen LogP contribution in [0, 0.1) is 5.92 Å². The monoisotopic (exact) mass is 400 g/mol. The van der Waals surface area contributed by atoms with Gasteiger partial charge in [-0.1, -0.05) is 36.4 Å². The molecule has 7 heteroatoms. The predicted octanol–water partition coefficient (Wildman–Crippen LogP) is 2.48. The van der Waals surface area contributed by atoms with E-state index in [0.29, 0.717) is 29.8 Å². The molecule has 4 heterocycles. The highest BCUT2D eigenvalue weighted by Gasteiger charge is 2.30. The zero-order valence-corrected chi connectivity index (χ0v) is 16.7. The van der Waals surface area contributed by atoms with Gasteiger partial charge < -0.3 is 16.0 Å². The van der Waals surface area contributed by atoms with E-state index < -0.39 is 0 Å². The Hall–Kier alpha value is -3.48. The molecule has 0 radical (unpaired) electrons. The first-order chi connectivity index (χ1) is 14.7. The lowest BCUT2D eigenvalue weighted by Crippen LogP contribution is -2.35. The maximum atomic E-state index is 12.5. The van der Waals surface area contributed by atoms with Crippen molar-refractivity contribution in [1.82, 2.24) is 20.3 Å². The molecule has 2 aromatic heterocycles. The number of nitrogens with zero attached hydrogens (tertiary/aromatic N) is 4. The number of carbonyl (C=O) groups is 1. The molecular formula is C23H24N6O. The quantitative estimate of drug-likeness (QED) is 0.698. The van der Waals surface area contributed by atoms with Gasteiger partial charge in [-0.25, -0.2) is 15.0 Å². The van der Waals surface area contributed by atoms with Crippen LogP contribution >= 0.6 is 0 Å². The molecule has 1 fully saturated rings. The van der Waals surface area contributed by atoms with Crippen LogP contribution in [0.25, 0.3) is 11.4 Å². The van der Waals surface area contributed by atoms with Crippen LogP contribution in [0.4, 0.5) is 11.6 Å². The van der Waals surface area contributed by atoms with Gasteiger partial charge in [-0.3, -0.25) is 4.79 Å². The number of nitrogen functional groups attached to an aromatic ring is 1. The van der Waals surface area contributed by atoms with Crippen molar-refractivity contribution in [2.45, 2.75) is 19.3 Å². The molecule has 3 aromatic rings. The Morgan fingerprint density at radius 2 is 2.00 bits per heavy atom. The molecular weight excluding hydrogens is 376 g/mol. The smallest absolute Gasteiger partial charge is 0.270 e. The number of rotatable bonds is 4. The summed E-state index contributed by atoms with van der Waals surface area (Å²) in [4.78, 5) is 28.6. The number of anilines is 2. The molecule has 1 aromatic carbocycles. The van der Waals surface area contributed by atoms with Crippen molar-refractivity contribution in [3.05, 3.63) is 65.5 Å². The topological polar surface area (TPSA) is 97.0 Å². The number of nitrogens with two attached hydrogens (primary N) is 1. The van der Waals surface area contributed by atoms with Crippen molar-refractivity contribution in [2.75, 3.05) is 30.3 Å². The summed E-state index contributed by atoms with van der Waals surface area (Å²) in [5.74, 6) is 2.46. The second-order valence-electron chi connectivity index (χ2n) is 7.97. The number of carbonyl (C=O) groups excluding carboxylic acids is 1. The molecule has 2 aliphatic rings. The van der Waals surface area contributed by atoms with E-state index in [0.717, 1.165) is 49.3 Å². The van der Waals surface area contributed by atoms with E-state index >= 15 is 0 Å². The summed E-state index contributed by atoms with van der Waals surface area (Å²) in [7, 11) is 0. The van der Waals surface area contributed by atoms with Gasteiger partial charge in [-0.05, 0) is 36.8 Å². The first kappa shape index (κ1) is 18.5. The third-order valence-electron chi connectivity index (χ3n) is 5.85. The lowest BCUT2D eigenvalue weighted by molar-refractivity contribution is 0.0940. The summed E-state index contributed by atoms with van der Waals surface area (Å²) < 4.78 is 0. The molecule has 1 saturated heterocycles. The number of fused-ring (bicyclic) bond motifs is 1. The van der Waals surface area contributed by atoms with Crippen LogP contribution in [0.2, 0.25) is 0 Å². The van der Waals surface area contributed by atoms with Crippen molar-refractivity contribution in [2.24, 2.45) is 5.92 Å². The Morgan fingerprint density at radius 1 is 1.13 bits per heavy atom. The highest BCUT2D eigenvalue weighted by atomic mass is 16.1. The molecule has 0 bridgehead atoms. The number of pyridine rings is 1. The number of hydrogen-bond acceptors (Lipinski definition) is 6. The summed E-state index contributed by atoms with van der Waals surface area (Å²) in [5.41, 5.74) is 9.30. The molecule has 1 atom stereocenters. The summed E-state index contributed by atoms with van der Waals surface area (Å²) in [6.07, 6.45) is 4.66. The van der Waals surface area contributed by atoms with Crippen LogP contribution in [-0.4, -0.2) is 40.5 Å². The van der Waals surface area contributed by atoms with Crippen LogP contribution in [0.5, 0.6) is 0 Å². The van der Waals surface area contributed by atoms with E-state index in [4.69, 9.17) is 10.7 Å². The average Bonchev–Trinajstić information content (AvgIpc) is 3.24. The van der Waals surface area contributed by atoms with Gasteiger partial charge in [0.1, 0.15) is 17.3 Å². The van der Waals surface area contributed by atoms with Crippen LogP contribution in [0.3, 0.4) is 0 Å². The second-order valence-corrected chi connectivity index (χ2v) is 7.97. The average molecular weight is 400 g/mol. The Balaban J connectivity index is 1.45. The molecule has 5 rings (SSSR count). The lowest BCUT2D eigenvalue weighted by Gasteiger charge is -2.25. The molecule has 7 nitrogen and oxygen atoms in total. The number of aromatic nitrogens is 3. The Kier molecular flexibility index (Phi) is 4.78. The third-order valence-corrected chi connectivity index (χ3v) is 5.85. The van der Waals surface area contributed by atoms with E-state index in [9.17, 15) is 4.79 Å². The number of amides is 1. The van der Waals surface area contributed by atoms with Crippen LogP contribution in [0.1, 0.15) is 28.0 Å². The maximum absolute atomic E-state index is 12.5. The molecule has 1 amide bonds. The molecule has 0 spiro atoms.